The normalized spacial score (nSPS) is 11.0. The van der Waals surface area contributed by atoms with Crippen molar-refractivity contribution in [2.75, 3.05) is 32.6 Å². The van der Waals surface area contributed by atoms with Gasteiger partial charge in [0, 0.05) is 43.8 Å². The van der Waals surface area contributed by atoms with Crippen LogP contribution in [-0.2, 0) is 6.42 Å². The number of likely N-dealkylation sites (N-methyl/N-ethyl adjacent to an activating group) is 1. The van der Waals surface area contributed by atoms with E-state index < -0.39 is 0 Å². The maximum absolute atomic E-state index is 6.10. The molecule has 0 aliphatic carbocycles. The van der Waals surface area contributed by atoms with Gasteiger partial charge >= 0.3 is 0 Å². The fourth-order valence-corrected chi connectivity index (χ4v) is 2.33. The molecule has 1 N–H and O–H groups in total. The molecule has 102 valence electrons. The first kappa shape index (κ1) is 14.4. The van der Waals surface area contributed by atoms with E-state index in [2.05, 4.69) is 21.3 Å². The van der Waals surface area contributed by atoms with Gasteiger partial charge < -0.3 is 10.2 Å². The number of benzene rings is 1. The van der Waals surface area contributed by atoms with Crippen molar-refractivity contribution in [2.24, 2.45) is 0 Å². The van der Waals surface area contributed by atoms with Crippen molar-refractivity contribution in [3.8, 4) is 0 Å². The van der Waals surface area contributed by atoms with Crippen LogP contribution < -0.4 is 10.2 Å². The number of hydrogen-bond donors (Lipinski definition) is 1. The van der Waals surface area contributed by atoms with Crippen LogP contribution in [0.15, 0.2) is 18.2 Å². The van der Waals surface area contributed by atoms with Crippen LogP contribution in [-0.4, -0.2) is 32.7 Å². The number of halogens is 2. The number of rotatable bonds is 4. The molecule has 1 heterocycles. The zero-order valence-corrected chi connectivity index (χ0v) is 12.8. The summed E-state index contributed by atoms with van der Waals surface area (Å²) in [5, 5.41) is 5.25. The van der Waals surface area contributed by atoms with E-state index in [-0.39, 0.29) is 0 Å². The highest BCUT2D eigenvalue weighted by Crippen LogP contribution is 2.32. The first-order valence-corrected chi connectivity index (χ1v) is 6.89. The van der Waals surface area contributed by atoms with E-state index in [0.717, 1.165) is 35.2 Å². The molecular formula is C14H17Cl2N3. The van der Waals surface area contributed by atoms with Gasteiger partial charge in [-0.25, -0.2) is 0 Å². The van der Waals surface area contributed by atoms with Crippen LogP contribution in [0.3, 0.4) is 0 Å². The molecule has 0 saturated carbocycles. The quantitative estimate of drug-likeness (QED) is 0.938. The third-order valence-corrected chi connectivity index (χ3v) is 3.72. The summed E-state index contributed by atoms with van der Waals surface area (Å²) in [7, 11) is 5.96. The third kappa shape index (κ3) is 3.11. The monoisotopic (exact) mass is 297 g/mol. The van der Waals surface area contributed by atoms with Crippen LogP contribution in [0.1, 0.15) is 5.69 Å². The Morgan fingerprint density at radius 3 is 2.47 bits per heavy atom. The van der Waals surface area contributed by atoms with Crippen LogP contribution in [0.5, 0.6) is 0 Å². The van der Waals surface area contributed by atoms with E-state index in [4.69, 9.17) is 23.2 Å². The molecular weight excluding hydrogens is 281 g/mol. The summed E-state index contributed by atoms with van der Waals surface area (Å²) in [5.74, 6) is 0. The minimum Gasteiger partial charge on any atom is -0.377 e. The largest absolute Gasteiger partial charge is 0.377 e. The number of nitrogens with zero attached hydrogens (tertiary/aromatic N) is 2. The molecule has 19 heavy (non-hydrogen) atoms. The zero-order chi connectivity index (χ0) is 14.0. The van der Waals surface area contributed by atoms with E-state index in [1.165, 1.54) is 0 Å². The average Bonchev–Trinajstić information content (AvgIpc) is 2.37. The molecule has 0 amide bonds. The fraction of sp³-hybridized carbons (Fsp3) is 0.357. The highest BCUT2D eigenvalue weighted by atomic mass is 35.5. The topological polar surface area (TPSA) is 28.2 Å². The third-order valence-electron chi connectivity index (χ3n) is 2.99. The van der Waals surface area contributed by atoms with Crippen LogP contribution in [0.4, 0.5) is 5.69 Å². The van der Waals surface area contributed by atoms with E-state index in [0.29, 0.717) is 10.0 Å². The van der Waals surface area contributed by atoms with Crippen molar-refractivity contribution in [2.45, 2.75) is 6.42 Å². The summed E-state index contributed by atoms with van der Waals surface area (Å²) in [6, 6.07) is 5.81. The summed E-state index contributed by atoms with van der Waals surface area (Å²) >= 11 is 12.2. The Morgan fingerprint density at radius 2 is 1.84 bits per heavy atom. The number of anilines is 1. The number of hydrogen-bond acceptors (Lipinski definition) is 3. The second kappa shape index (κ2) is 5.95. The maximum atomic E-state index is 6.10. The standard InChI is InChI=1S/C14H17Cl2N3/c1-17-5-4-9-6-14(19(2)3)10-7-11(15)12(16)8-13(10)18-9/h6-8,17H,4-5H2,1-3H3. The fourth-order valence-electron chi connectivity index (χ4n) is 2.01. The predicted octanol–water partition coefficient (Wildman–Crippen LogP) is 3.37. The Kier molecular flexibility index (Phi) is 4.50. The number of aromatic nitrogens is 1. The van der Waals surface area contributed by atoms with Crippen LogP contribution in [0.2, 0.25) is 10.0 Å². The molecule has 0 aliphatic heterocycles. The molecule has 0 fully saturated rings. The van der Waals surface area contributed by atoms with Crippen molar-refractivity contribution in [1.29, 1.82) is 0 Å². The Balaban J connectivity index is 2.61. The Labute approximate surface area is 123 Å². The maximum Gasteiger partial charge on any atom is 0.0742 e. The molecule has 0 aliphatic rings. The summed E-state index contributed by atoms with van der Waals surface area (Å²) in [4.78, 5) is 6.71. The van der Waals surface area contributed by atoms with E-state index in [1.54, 1.807) is 0 Å². The molecule has 0 saturated heterocycles. The van der Waals surface area contributed by atoms with Crippen LogP contribution >= 0.6 is 23.2 Å². The predicted molar refractivity (Wildman–Crippen MR) is 83.7 cm³/mol. The van der Waals surface area contributed by atoms with Gasteiger partial charge in [-0.05, 0) is 25.2 Å². The molecule has 3 nitrogen and oxygen atoms in total. The molecule has 2 rings (SSSR count). The molecule has 0 unspecified atom stereocenters. The van der Waals surface area contributed by atoms with Gasteiger partial charge in [0.05, 0.1) is 15.6 Å². The number of nitrogens with one attached hydrogen (secondary N) is 1. The lowest BCUT2D eigenvalue weighted by molar-refractivity contribution is 0.779. The van der Waals surface area contributed by atoms with E-state index >= 15 is 0 Å². The molecule has 0 atom stereocenters. The van der Waals surface area contributed by atoms with Crippen molar-refractivity contribution in [1.82, 2.24) is 10.3 Å². The highest BCUT2D eigenvalue weighted by Gasteiger charge is 2.10. The lowest BCUT2D eigenvalue weighted by atomic mass is 10.1. The first-order valence-electron chi connectivity index (χ1n) is 6.13. The molecule has 1 aromatic heterocycles. The van der Waals surface area contributed by atoms with Gasteiger partial charge in [0.1, 0.15) is 0 Å². The molecule has 0 radical (unpaired) electrons. The second-order valence-corrected chi connectivity index (χ2v) is 5.48. The van der Waals surface area contributed by atoms with Gasteiger partial charge in [-0.1, -0.05) is 23.2 Å². The smallest absolute Gasteiger partial charge is 0.0742 e. The minimum absolute atomic E-state index is 0.539. The lowest BCUT2D eigenvalue weighted by Gasteiger charge is -2.17. The van der Waals surface area contributed by atoms with Crippen molar-refractivity contribution in [3.05, 3.63) is 33.9 Å². The van der Waals surface area contributed by atoms with Gasteiger partial charge in [0.25, 0.3) is 0 Å². The average molecular weight is 298 g/mol. The SMILES string of the molecule is CNCCc1cc(N(C)C)c2cc(Cl)c(Cl)cc2n1. The van der Waals surface area contributed by atoms with Crippen molar-refractivity contribution >= 4 is 39.8 Å². The Bertz CT molecular complexity index is 597. The number of pyridine rings is 1. The summed E-state index contributed by atoms with van der Waals surface area (Å²) in [5.41, 5.74) is 3.03. The number of fused-ring (bicyclic) bond motifs is 1. The molecule has 5 heteroatoms. The molecule has 1 aromatic carbocycles. The lowest BCUT2D eigenvalue weighted by Crippen LogP contribution is -2.13. The van der Waals surface area contributed by atoms with E-state index in [1.807, 2.05) is 33.3 Å². The van der Waals surface area contributed by atoms with Crippen LogP contribution in [0, 0.1) is 0 Å². The Hall–Kier alpha value is -1.03. The second-order valence-electron chi connectivity index (χ2n) is 4.66. The zero-order valence-electron chi connectivity index (χ0n) is 11.3. The summed E-state index contributed by atoms with van der Waals surface area (Å²) < 4.78 is 0. The molecule has 2 aromatic rings. The van der Waals surface area contributed by atoms with Gasteiger partial charge in [0.15, 0.2) is 0 Å². The summed E-state index contributed by atoms with van der Waals surface area (Å²) in [6.07, 6.45) is 0.882. The molecule has 0 bridgehead atoms. The van der Waals surface area contributed by atoms with Gasteiger partial charge in [-0.2, -0.15) is 0 Å². The summed E-state index contributed by atoms with van der Waals surface area (Å²) in [6.45, 7) is 0.896. The van der Waals surface area contributed by atoms with Gasteiger partial charge in [0.2, 0.25) is 0 Å². The van der Waals surface area contributed by atoms with Crippen LogP contribution in [0.25, 0.3) is 10.9 Å². The first-order chi connectivity index (χ1) is 9.02. The van der Waals surface area contributed by atoms with Gasteiger partial charge in [-0.3, -0.25) is 4.98 Å². The Morgan fingerprint density at radius 1 is 1.16 bits per heavy atom. The van der Waals surface area contributed by atoms with E-state index in [9.17, 15) is 0 Å². The highest BCUT2D eigenvalue weighted by molar-refractivity contribution is 6.42. The molecule has 0 spiro atoms. The van der Waals surface area contributed by atoms with Crippen molar-refractivity contribution < 1.29 is 0 Å². The minimum atomic E-state index is 0.539. The van der Waals surface area contributed by atoms with Gasteiger partial charge in [-0.15, -0.1) is 0 Å². The van der Waals surface area contributed by atoms with Crippen molar-refractivity contribution in [3.63, 3.8) is 0 Å².